The predicted molar refractivity (Wildman–Crippen MR) is 104 cm³/mol. The highest BCUT2D eigenvalue weighted by Gasteiger charge is 2.12. The van der Waals surface area contributed by atoms with Gasteiger partial charge in [0.05, 0.1) is 11.8 Å². The number of amides is 1. The van der Waals surface area contributed by atoms with Crippen molar-refractivity contribution in [1.29, 1.82) is 0 Å². The van der Waals surface area contributed by atoms with E-state index in [1.165, 1.54) is 0 Å². The third kappa shape index (κ3) is 5.24. The average molecular weight is 363 g/mol. The fourth-order valence-corrected chi connectivity index (χ4v) is 2.37. The summed E-state index contributed by atoms with van der Waals surface area (Å²) in [5.41, 5.74) is 1.86. The molecular formula is C20H21N5O2. The standard InChI is InChI=1S/C20H21N5O2/c1-14(2)27-18-8-4-3-7-16(18)24-19(26)17-9-11-22-20(25-17)23-13-15-6-5-10-21-12-15/h3-12,14H,13H2,1-2H3,(H,24,26)(H,22,23,25). The van der Waals surface area contributed by atoms with Gasteiger partial charge in [-0.2, -0.15) is 0 Å². The fraction of sp³-hybridized carbons (Fsp3) is 0.200. The van der Waals surface area contributed by atoms with Crippen LogP contribution in [0.4, 0.5) is 11.6 Å². The van der Waals surface area contributed by atoms with Crippen LogP contribution in [0.3, 0.4) is 0 Å². The molecule has 1 aromatic carbocycles. The number of pyridine rings is 1. The van der Waals surface area contributed by atoms with Crippen LogP contribution in [0.15, 0.2) is 61.1 Å². The Morgan fingerprint density at radius 2 is 1.96 bits per heavy atom. The number of para-hydroxylation sites is 2. The number of hydrogen-bond acceptors (Lipinski definition) is 6. The number of carbonyl (C=O) groups is 1. The monoisotopic (exact) mass is 363 g/mol. The Kier molecular flexibility index (Phi) is 5.94. The van der Waals surface area contributed by atoms with E-state index in [1.807, 2.05) is 44.2 Å². The Hall–Kier alpha value is -3.48. The van der Waals surface area contributed by atoms with E-state index < -0.39 is 0 Å². The molecule has 0 saturated carbocycles. The van der Waals surface area contributed by atoms with Gasteiger partial charge in [0.25, 0.3) is 5.91 Å². The van der Waals surface area contributed by atoms with Crippen LogP contribution in [0.2, 0.25) is 0 Å². The first-order valence-electron chi connectivity index (χ1n) is 8.64. The first kappa shape index (κ1) is 18.3. The Labute approximate surface area is 157 Å². The summed E-state index contributed by atoms with van der Waals surface area (Å²) >= 11 is 0. The van der Waals surface area contributed by atoms with Crippen molar-refractivity contribution < 1.29 is 9.53 Å². The van der Waals surface area contributed by atoms with Gasteiger partial charge in [0.1, 0.15) is 11.4 Å². The lowest BCUT2D eigenvalue weighted by atomic mass is 10.2. The largest absolute Gasteiger partial charge is 0.489 e. The minimum Gasteiger partial charge on any atom is -0.489 e. The summed E-state index contributed by atoms with van der Waals surface area (Å²) in [5.74, 6) is 0.657. The summed E-state index contributed by atoms with van der Waals surface area (Å²) in [4.78, 5) is 25.1. The van der Waals surface area contributed by atoms with Crippen molar-refractivity contribution in [3.05, 3.63) is 72.3 Å². The van der Waals surface area contributed by atoms with E-state index in [0.29, 0.717) is 23.9 Å². The molecule has 2 aromatic heterocycles. The van der Waals surface area contributed by atoms with Gasteiger partial charge in [-0.15, -0.1) is 0 Å². The molecule has 2 heterocycles. The first-order chi connectivity index (χ1) is 13.1. The number of benzene rings is 1. The number of ether oxygens (including phenoxy) is 1. The third-order valence-corrected chi connectivity index (χ3v) is 3.56. The van der Waals surface area contributed by atoms with Crippen molar-refractivity contribution in [2.45, 2.75) is 26.5 Å². The Bertz CT molecular complexity index is 900. The molecule has 7 heteroatoms. The van der Waals surface area contributed by atoms with Gasteiger partial charge in [0.2, 0.25) is 5.95 Å². The summed E-state index contributed by atoms with van der Waals surface area (Å²) in [7, 11) is 0. The second-order valence-corrected chi connectivity index (χ2v) is 6.10. The van der Waals surface area contributed by atoms with Crippen LogP contribution < -0.4 is 15.4 Å². The summed E-state index contributed by atoms with van der Waals surface area (Å²) in [6, 6.07) is 12.7. The lowest BCUT2D eigenvalue weighted by molar-refractivity contribution is 0.102. The molecule has 0 unspecified atom stereocenters. The van der Waals surface area contributed by atoms with E-state index >= 15 is 0 Å². The maximum Gasteiger partial charge on any atom is 0.274 e. The average Bonchev–Trinajstić information content (AvgIpc) is 2.68. The zero-order valence-corrected chi connectivity index (χ0v) is 15.2. The number of nitrogens with zero attached hydrogens (tertiary/aromatic N) is 3. The SMILES string of the molecule is CC(C)Oc1ccccc1NC(=O)c1ccnc(NCc2cccnc2)n1. The zero-order valence-electron chi connectivity index (χ0n) is 15.2. The molecule has 0 atom stereocenters. The molecule has 3 rings (SSSR count). The molecule has 2 N–H and O–H groups in total. The number of rotatable bonds is 7. The van der Waals surface area contributed by atoms with Crippen LogP contribution in [0.1, 0.15) is 29.9 Å². The van der Waals surface area contributed by atoms with E-state index in [-0.39, 0.29) is 17.7 Å². The normalized spacial score (nSPS) is 10.5. The van der Waals surface area contributed by atoms with E-state index in [4.69, 9.17) is 4.74 Å². The first-order valence-corrected chi connectivity index (χ1v) is 8.64. The Morgan fingerprint density at radius 1 is 1.11 bits per heavy atom. The van der Waals surface area contributed by atoms with Gasteiger partial charge in [0.15, 0.2) is 0 Å². The van der Waals surface area contributed by atoms with E-state index in [1.54, 1.807) is 30.7 Å². The smallest absolute Gasteiger partial charge is 0.274 e. The molecule has 0 spiro atoms. The molecule has 3 aromatic rings. The molecule has 138 valence electrons. The Morgan fingerprint density at radius 3 is 2.74 bits per heavy atom. The summed E-state index contributed by atoms with van der Waals surface area (Å²) in [6.45, 7) is 4.39. The van der Waals surface area contributed by atoms with Crippen molar-refractivity contribution in [3.63, 3.8) is 0 Å². The quantitative estimate of drug-likeness (QED) is 0.668. The van der Waals surface area contributed by atoms with Crippen LogP contribution >= 0.6 is 0 Å². The van der Waals surface area contributed by atoms with Gasteiger partial charge in [-0.3, -0.25) is 9.78 Å². The zero-order chi connectivity index (χ0) is 19.1. The fourth-order valence-electron chi connectivity index (χ4n) is 2.37. The van der Waals surface area contributed by atoms with Gasteiger partial charge in [0, 0.05) is 25.1 Å². The van der Waals surface area contributed by atoms with Crippen molar-refractivity contribution in [3.8, 4) is 5.75 Å². The van der Waals surface area contributed by atoms with Crippen LogP contribution in [-0.2, 0) is 6.54 Å². The van der Waals surface area contributed by atoms with Gasteiger partial charge in [-0.25, -0.2) is 9.97 Å². The highest BCUT2D eigenvalue weighted by atomic mass is 16.5. The molecule has 0 aliphatic carbocycles. The van der Waals surface area contributed by atoms with Crippen molar-refractivity contribution in [1.82, 2.24) is 15.0 Å². The summed E-state index contributed by atoms with van der Waals surface area (Å²) < 4.78 is 5.73. The second kappa shape index (κ2) is 8.75. The van der Waals surface area contributed by atoms with Crippen LogP contribution in [0, 0.1) is 0 Å². The highest BCUT2D eigenvalue weighted by molar-refractivity contribution is 6.03. The minimum absolute atomic E-state index is 0.00498. The molecular weight excluding hydrogens is 342 g/mol. The van der Waals surface area contributed by atoms with Crippen LogP contribution in [-0.4, -0.2) is 27.0 Å². The lowest BCUT2D eigenvalue weighted by Gasteiger charge is -2.14. The maximum atomic E-state index is 12.6. The van der Waals surface area contributed by atoms with Crippen molar-refractivity contribution in [2.24, 2.45) is 0 Å². The predicted octanol–water partition coefficient (Wildman–Crippen LogP) is 3.52. The van der Waals surface area contributed by atoms with Crippen LogP contribution in [0.25, 0.3) is 0 Å². The number of hydrogen-bond donors (Lipinski definition) is 2. The number of aromatic nitrogens is 3. The molecule has 0 saturated heterocycles. The molecule has 27 heavy (non-hydrogen) atoms. The maximum absolute atomic E-state index is 12.6. The van der Waals surface area contributed by atoms with E-state index in [2.05, 4.69) is 25.6 Å². The van der Waals surface area contributed by atoms with Gasteiger partial charge in [-0.05, 0) is 43.7 Å². The van der Waals surface area contributed by atoms with Gasteiger partial charge >= 0.3 is 0 Å². The van der Waals surface area contributed by atoms with E-state index in [9.17, 15) is 4.79 Å². The van der Waals surface area contributed by atoms with Gasteiger partial charge < -0.3 is 15.4 Å². The molecule has 0 aliphatic heterocycles. The molecule has 0 bridgehead atoms. The second-order valence-electron chi connectivity index (χ2n) is 6.10. The Balaban J connectivity index is 1.69. The topological polar surface area (TPSA) is 89.0 Å². The lowest BCUT2D eigenvalue weighted by Crippen LogP contribution is -2.17. The molecule has 0 fully saturated rings. The van der Waals surface area contributed by atoms with Crippen molar-refractivity contribution in [2.75, 3.05) is 10.6 Å². The number of anilines is 2. The summed E-state index contributed by atoms with van der Waals surface area (Å²) in [6.07, 6.45) is 5.02. The van der Waals surface area contributed by atoms with Crippen molar-refractivity contribution >= 4 is 17.5 Å². The highest BCUT2D eigenvalue weighted by Crippen LogP contribution is 2.25. The molecule has 1 amide bonds. The molecule has 0 radical (unpaired) electrons. The minimum atomic E-state index is -0.332. The van der Waals surface area contributed by atoms with E-state index in [0.717, 1.165) is 5.56 Å². The molecule has 0 aliphatic rings. The van der Waals surface area contributed by atoms with Crippen LogP contribution in [0.5, 0.6) is 5.75 Å². The number of nitrogens with one attached hydrogen (secondary N) is 2. The van der Waals surface area contributed by atoms with Gasteiger partial charge in [-0.1, -0.05) is 18.2 Å². The molecule has 7 nitrogen and oxygen atoms in total. The third-order valence-electron chi connectivity index (χ3n) is 3.56. The number of carbonyl (C=O) groups excluding carboxylic acids is 1. The summed E-state index contributed by atoms with van der Waals surface area (Å²) in [5, 5.41) is 5.93.